The second-order valence-electron chi connectivity index (χ2n) is 8.01. The second kappa shape index (κ2) is 15.0. The predicted molar refractivity (Wildman–Crippen MR) is 107 cm³/mol. The number of carbonyl (C=O) groups is 2. The van der Waals surface area contributed by atoms with Crippen molar-refractivity contribution < 1.29 is 41.5 Å². The first-order valence-corrected chi connectivity index (χ1v) is 8.78. The minimum absolute atomic E-state index is 0. The number of nitrogens with zero attached hydrogens (tertiary/aromatic N) is 2. The third kappa shape index (κ3) is 18.2. The normalized spacial score (nSPS) is 12.4. The van der Waals surface area contributed by atoms with Gasteiger partial charge in [-0.05, 0) is 12.2 Å². The van der Waals surface area contributed by atoms with Crippen LogP contribution >= 0.6 is 0 Å². The van der Waals surface area contributed by atoms with Crippen LogP contribution in [0.5, 0.6) is 0 Å². The van der Waals surface area contributed by atoms with E-state index in [0.717, 1.165) is 0 Å². The van der Waals surface area contributed by atoms with Crippen molar-refractivity contribution in [3.63, 3.8) is 0 Å². The van der Waals surface area contributed by atoms with E-state index in [0.29, 0.717) is 24.5 Å². The zero-order chi connectivity index (χ0) is 21.0. The Hall–Kier alpha value is -0.946. The molecule has 0 rings (SSSR count). The molecule has 0 amide bonds. The summed E-state index contributed by atoms with van der Waals surface area (Å²) in [6.07, 6.45) is 3.05. The van der Waals surface area contributed by atoms with Crippen molar-refractivity contribution in [2.75, 3.05) is 26.3 Å². The van der Waals surface area contributed by atoms with Gasteiger partial charge in [0.05, 0.1) is 0 Å². The quantitative estimate of drug-likeness (QED) is 0.465. The van der Waals surface area contributed by atoms with Crippen LogP contribution in [-0.4, -0.2) is 48.1 Å². The minimum Gasteiger partial charge on any atom is -0.686 e. The Balaban J connectivity index is -0.000000411. The van der Waals surface area contributed by atoms with Crippen molar-refractivity contribution in [3.8, 4) is 0 Å². The van der Waals surface area contributed by atoms with Crippen molar-refractivity contribution in [2.45, 2.75) is 55.4 Å². The van der Waals surface area contributed by atoms with Gasteiger partial charge in [0.25, 0.3) is 0 Å². The average molecular weight is 416 g/mol. The summed E-state index contributed by atoms with van der Waals surface area (Å²) in [6.45, 7) is 15.5. The first-order valence-electron chi connectivity index (χ1n) is 8.78. The molecule has 0 aliphatic heterocycles. The van der Waals surface area contributed by atoms with E-state index in [9.17, 15) is 9.59 Å². The van der Waals surface area contributed by atoms with E-state index < -0.39 is 0 Å². The molecule has 6 nitrogen and oxygen atoms in total. The first-order chi connectivity index (χ1) is 11.8. The van der Waals surface area contributed by atoms with Crippen LogP contribution < -0.4 is 0 Å². The molecule has 0 unspecified atom stereocenters. The molecule has 7 heteroatoms. The molecule has 27 heavy (non-hydrogen) atoms. The number of rotatable bonds is 8. The van der Waals surface area contributed by atoms with Crippen LogP contribution in [-0.2, 0) is 31.3 Å². The fourth-order valence-electron chi connectivity index (χ4n) is 1.36. The van der Waals surface area contributed by atoms with Crippen LogP contribution in [0.2, 0.25) is 0 Å². The number of hydrogen-bond donors (Lipinski definition) is 2. The average Bonchev–Trinajstić information content (AvgIpc) is 2.49. The Labute approximate surface area is 179 Å². The van der Waals surface area contributed by atoms with Gasteiger partial charge in [-0.25, -0.2) is 0 Å². The molecule has 0 saturated carbocycles. The molecule has 0 heterocycles. The fourth-order valence-corrected chi connectivity index (χ4v) is 1.36. The molecule has 0 aromatic carbocycles. The van der Waals surface area contributed by atoms with Gasteiger partial charge in [-0.3, -0.25) is 9.59 Å². The van der Waals surface area contributed by atoms with Gasteiger partial charge in [0.1, 0.15) is 0 Å². The number of aliphatic hydroxyl groups excluding tert-OH is 2. The van der Waals surface area contributed by atoms with E-state index in [1.807, 2.05) is 41.5 Å². The van der Waals surface area contributed by atoms with Crippen LogP contribution in [0.15, 0.2) is 23.5 Å². The molecule has 2 N–H and O–H groups in total. The summed E-state index contributed by atoms with van der Waals surface area (Å²) in [7, 11) is 0. The van der Waals surface area contributed by atoms with Crippen LogP contribution in [0, 0.1) is 10.8 Å². The summed E-state index contributed by atoms with van der Waals surface area (Å²) in [5, 5.41) is 25.0. The van der Waals surface area contributed by atoms with Crippen LogP contribution in [0.3, 0.4) is 0 Å². The summed E-state index contributed by atoms with van der Waals surface area (Å²) in [5.41, 5.74) is 0.648. The molecular weight excluding hydrogens is 380 g/mol. The van der Waals surface area contributed by atoms with Crippen molar-refractivity contribution in [3.05, 3.63) is 34.2 Å². The molecule has 0 aliphatic rings. The van der Waals surface area contributed by atoms with Crippen molar-refractivity contribution in [1.29, 1.82) is 0 Å². The number of carbonyl (C=O) groups excluding carboxylic acids is 2. The largest absolute Gasteiger partial charge is 2.00 e. The summed E-state index contributed by atoms with van der Waals surface area (Å²) in [6, 6.07) is 0. The topological polar surface area (TPSA) is 103 Å². The van der Waals surface area contributed by atoms with Gasteiger partial charge in [-0.2, -0.15) is 11.4 Å². The summed E-state index contributed by atoms with van der Waals surface area (Å²) in [5.74, 6) is 0.123. The zero-order valence-electron chi connectivity index (χ0n) is 18.1. The minimum atomic E-state index is -0.351. The SMILES string of the molecule is CC(=CC(=O)C(C)(C)C)[N-]CCO.CC(=CC(=O)C(C)(C)C)[N-]CCO.[Ti+2]. The van der Waals surface area contributed by atoms with E-state index in [2.05, 4.69) is 10.6 Å². The molecular formula is C20H36N2O4Ti. The van der Waals surface area contributed by atoms with Gasteiger partial charge in [0.15, 0.2) is 11.6 Å². The summed E-state index contributed by atoms with van der Waals surface area (Å²) >= 11 is 0. The Kier molecular flexibility index (Phi) is 17.1. The molecule has 0 aliphatic carbocycles. The number of allylic oxidation sites excluding steroid dienone is 4. The molecule has 0 radical (unpaired) electrons. The Morgan fingerprint density at radius 1 is 0.741 bits per heavy atom. The smallest absolute Gasteiger partial charge is 0.686 e. The zero-order valence-corrected chi connectivity index (χ0v) is 19.7. The summed E-state index contributed by atoms with van der Waals surface area (Å²) in [4.78, 5) is 22.9. The Morgan fingerprint density at radius 3 is 1.19 bits per heavy atom. The molecule has 0 aromatic heterocycles. The van der Waals surface area contributed by atoms with Crippen molar-refractivity contribution >= 4 is 11.6 Å². The molecule has 0 atom stereocenters. The standard InChI is InChI=1S/2C10H19NO2.Ti/c2*1-8(11-5-6-12)7-9(13)10(2,3)4;/h2*7,12H,5-6H2,1-4H3,(H,11,13);/q;;+2/p-2. The van der Waals surface area contributed by atoms with E-state index in [4.69, 9.17) is 10.2 Å². The monoisotopic (exact) mass is 416 g/mol. The van der Waals surface area contributed by atoms with Crippen LogP contribution in [0.4, 0.5) is 0 Å². The third-order valence-corrected chi connectivity index (χ3v) is 3.08. The second-order valence-corrected chi connectivity index (χ2v) is 8.01. The van der Waals surface area contributed by atoms with Gasteiger partial charge in [-0.1, -0.05) is 55.4 Å². The molecule has 0 fully saturated rings. The maximum atomic E-state index is 11.4. The van der Waals surface area contributed by atoms with Crippen molar-refractivity contribution in [2.24, 2.45) is 10.8 Å². The molecule has 154 valence electrons. The fraction of sp³-hybridized carbons (Fsp3) is 0.700. The molecule has 0 aromatic rings. The maximum Gasteiger partial charge on any atom is 2.00 e. The van der Waals surface area contributed by atoms with E-state index in [1.54, 1.807) is 13.8 Å². The van der Waals surface area contributed by atoms with Gasteiger partial charge in [0, 0.05) is 24.0 Å². The van der Waals surface area contributed by atoms with E-state index in [-0.39, 0.29) is 57.3 Å². The van der Waals surface area contributed by atoms with E-state index in [1.165, 1.54) is 12.2 Å². The Bertz CT molecular complexity index is 455. The van der Waals surface area contributed by atoms with Gasteiger partial charge < -0.3 is 20.8 Å². The van der Waals surface area contributed by atoms with Crippen LogP contribution in [0.25, 0.3) is 10.6 Å². The number of aliphatic hydroxyl groups is 2. The third-order valence-electron chi connectivity index (χ3n) is 3.08. The predicted octanol–water partition coefficient (Wildman–Crippen LogP) is 3.74. The first kappa shape index (κ1) is 30.8. The Morgan fingerprint density at radius 2 is 1.00 bits per heavy atom. The summed E-state index contributed by atoms with van der Waals surface area (Å²) < 4.78 is 0. The number of hydrogen-bond acceptors (Lipinski definition) is 4. The van der Waals surface area contributed by atoms with Crippen LogP contribution in [0.1, 0.15) is 55.4 Å². The van der Waals surface area contributed by atoms with Gasteiger partial charge in [0.2, 0.25) is 0 Å². The van der Waals surface area contributed by atoms with E-state index >= 15 is 0 Å². The maximum absolute atomic E-state index is 11.4. The molecule has 0 saturated heterocycles. The molecule has 0 bridgehead atoms. The van der Waals surface area contributed by atoms with Gasteiger partial charge in [-0.15, -0.1) is 13.1 Å². The molecule has 0 spiro atoms. The number of ketones is 2. The van der Waals surface area contributed by atoms with Gasteiger partial charge >= 0.3 is 21.7 Å². The van der Waals surface area contributed by atoms with Crippen molar-refractivity contribution in [1.82, 2.24) is 0 Å².